The zero-order valence-corrected chi connectivity index (χ0v) is 11.8. The molecule has 1 aromatic heterocycles. The van der Waals surface area contributed by atoms with Crippen molar-refractivity contribution < 1.29 is 4.79 Å². The van der Waals surface area contributed by atoms with Gasteiger partial charge in [-0.1, -0.05) is 29.8 Å². The van der Waals surface area contributed by atoms with Crippen LogP contribution >= 0.6 is 11.6 Å². The highest BCUT2D eigenvalue weighted by molar-refractivity contribution is 6.34. The van der Waals surface area contributed by atoms with E-state index in [1.165, 1.54) is 0 Å². The monoisotopic (exact) mass is 297 g/mol. The van der Waals surface area contributed by atoms with Crippen LogP contribution in [0.5, 0.6) is 0 Å². The van der Waals surface area contributed by atoms with E-state index in [1.54, 1.807) is 30.5 Å². The van der Waals surface area contributed by atoms with Gasteiger partial charge < -0.3 is 11.1 Å². The maximum absolute atomic E-state index is 12.3. The molecule has 1 heterocycles. The van der Waals surface area contributed by atoms with E-state index < -0.39 is 0 Å². The molecular weight excluding hydrogens is 286 g/mol. The van der Waals surface area contributed by atoms with E-state index in [4.69, 9.17) is 17.3 Å². The third-order valence-electron chi connectivity index (χ3n) is 3.12. The Morgan fingerprint density at radius 1 is 1.14 bits per heavy atom. The van der Waals surface area contributed by atoms with Crippen molar-refractivity contribution in [3.8, 4) is 0 Å². The van der Waals surface area contributed by atoms with Crippen molar-refractivity contribution in [1.82, 2.24) is 4.98 Å². The number of amides is 1. The predicted octanol–water partition coefficient (Wildman–Crippen LogP) is 3.72. The van der Waals surface area contributed by atoms with Gasteiger partial charge in [-0.2, -0.15) is 0 Å². The Morgan fingerprint density at radius 2 is 1.95 bits per heavy atom. The van der Waals surface area contributed by atoms with Gasteiger partial charge in [0.25, 0.3) is 5.91 Å². The number of para-hydroxylation sites is 1. The number of hydrogen-bond donors (Lipinski definition) is 2. The number of nitrogens with two attached hydrogens (primary N) is 1. The lowest BCUT2D eigenvalue weighted by Gasteiger charge is -2.09. The van der Waals surface area contributed by atoms with Gasteiger partial charge in [-0.05, 0) is 30.3 Å². The number of pyridine rings is 1. The molecule has 1 amide bonds. The van der Waals surface area contributed by atoms with Gasteiger partial charge in [0, 0.05) is 17.3 Å². The Bertz CT molecular complexity index is 827. The van der Waals surface area contributed by atoms with E-state index in [2.05, 4.69) is 10.3 Å². The fraction of sp³-hybridized carbons (Fsp3) is 0. The van der Waals surface area contributed by atoms with Gasteiger partial charge in [0.1, 0.15) is 0 Å². The minimum absolute atomic E-state index is 0.293. The number of rotatable bonds is 2. The summed E-state index contributed by atoms with van der Waals surface area (Å²) >= 11 is 6.05. The van der Waals surface area contributed by atoms with E-state index in [-0.39, 0.29) is 5.91 Å². The summed E-state index contributed by atoms with van der Waals surface area (Å²) in [6, 6.07) is 14.2. The van der Waals surface area contributed by atoms with Crippen molar-refractivity contribution in [1.29, 1.82) is 0 Å². The Labute approximate surface area is 126 Å². The van der Waals surface area contributed by atoms with Gasteiger partial charge in [0.2, 0.25) is 0 Å². The average Bonchev–Trinajstić information content (AvgIpc) is 2.47. The number of aromatic nitrogens is 1. The molecule has 5 heteroatoms. The molecule has 3 aromatic rings. The fourth-order valence-corrected chi connectivity index (χ4v) is 2.39. The van der Waals surface area contributed by atoms with Gasteiger partial charge >= 0.3 is 0 Å². The Morgan fingerprint density at radius 3 is 2.76 bits per heavy atom. The number of carbonyl (C=O) groups excluding carboxylic acids is 1. The van der Waals surface area contributed by atoms with Crippen LogP contribution in [0.3, 0.4) is 0 Å². The molecule has 0 fully saturated rings. The second-order valence-corrected chi connectivity index (χ2v) is 4.98. The van der Waals surface area contributed by atoms with E-state index in [0.717, 1.165) is 10.9 Å². The Kier molecular flexibility index (Phi) is 3.46. The van der Waals surface area contributed by atoms with Crippen molar-refractivity contribution >= 4 is 39.8 Å². The van der Waals surface area contributed by atoms with Gasteiger partial charge in [-0.15, -0.1) is 0 Å². The molecule has 3 rings (SSSR count). The number of hydrogen-bond acceptors (Lipinski definition) is 3. The molecule has 0 bridgehead atoms. The Hall–Kier alpha value is -2.59. The van der Waals surface area contributed by atoms with E-state index in [9.17, 15) is 4.79 Å². The smallest absolute Gasteiger partial charge is 0.257 e. The van der Waals surface area contributed by atoms with Crippen LogP contribution in [0.1, 0.15) is 10.4 Å². The van der Waals surface area contributed by atoms with Gasteiger partial charge in [0.15, 0.2) is 0 Å². The fourth-order valence-electron chi connectivity index (χ4n) is 2.11. The molecule has 3 N–H and O–H groups in total. The Balaban J connectivity index is 1.97. The SMILES string of the molecule is Nc1ccc(C(=O)Nc2cccc3cccnc23)c(Cl)c1. The van der Waals surface area contributed by atoms with Gasteiger partial charge in [-0.3, -0.25) is 9.78 Å². The highest BCUT2D eigenvalue weighted by Crippen LogP contribution is 2.24. The van der Waals surface area contributed by atoms with Crippen LogP contribution in [0, 0.1) is 0 Å². The second kappa shape index (κ2) is 5.42. The van der Waals surface area contributed by atoms with E-state index in [1.807, 2.05) is 24.3 Å². The zero-order chi connectivity index (χ0) is 14.8. The van der Waals surface area contributed by atoms with Crippen molar-refractivity contribution in [2.45, 2.75) is 0 Å². The third-order valence-corrected chi connectivity index (χ3v) is 3.43. The molecule has 2 aromatic carbocycles. The molecule has 0 unspecified atom stereocenters. The molecule has 21 heavy (non-hydrogen) atoms. The largest absolute Gasteiger partial charge is 0.399 e. The van der Waals surface area contributed by atoms with E-state index in [0.29, 0.717) is 22.0 Å². The lowest BCUT2D eigenvalue weighted by molar-refractivity contribution is 0.102. The second-order valence-electron chi connectivity index (χ2n) is 4.57. The number of fused-ring (bicyclic) bond motifs is 1. The summed E-state index contributed by atoms with van der Waals surface area (Å²) in [7, 11) is 0. The zero-order valence-electron chi connectivity index (χ0n) is 11.0. The normalized spacial score (nSPS) is 10.5. The number of nitrogens with one attached hydrogen (secondary N) is 1. The van der Waals surface area contributed by atoms with Crippen LogP contribution in [0.15, 0.2) is 54.7 Å². The van der Waals surface area contributed by atoms with Crippen molar-refractivity contribution in [3.05, 3.63) is 65.3 Å². The predicted molar refractivity (Wildman–Crippen MR) is 85.6 cm³/mol. The van der Waals surface area contributed by atoms with Crippen molar-refractivity contribution in [3.63, 3.8) is 0 Å². The molecule has 0 spiro atoms. The summed E-state index contributed by atoms with van der Waals surface area (Å²) in [5.74, 6) is -0.293. The first-order chi connectivity index (χ1) is 10.1. The molecule has 0 atom stereocenters. The van der Waals surface area contributed by atoms with Crippen molar-refractivity contribution in [2.24, 2.45) is 0 Å². The van der Waals surface area contributed by atoms with Crippen LogP contribution in [-0.2, 0) is 0 Å². The minimum Gasteiger partial charge on any atom is -0.399 e. The van der Waals surface area contributed by atoms with Crippen LogP contribution in [0.2, 0.25) is 5.02 Å². The lowest BCUT2D eigenvalue weighted by atomic mass is 10.1. The van der Waals surface area contributed by atoms with Crippen LogP contribution in [0.25, 0.3) is 10.9 Å². The topological polar surface area (TPSA) is 68.0 Å². The standard InChI is InChI=1S/C16H12ClN3O/c17-13-9-11(18)6-7-12(13)16(21)20-14-5-1-3-10-4-2-8-19-15(10)14/h1-9H,18H2,(H,20,21). The first-order valence-corrected chi connectivity index (χ1v) is 6.73. The highest BCUT2D eigenvalue weighted by atomic mass is 35.5. The summed E-state index contributed by atoms with van der Waals surface area (Å²) in [6.07, 6.45) is 1.69. The van der Waals surface area contributed by atoms with Crippen LogP contribution in [0.4, 0.5) is 11.4 Å². The quantitative estimate of drug-likeness (QED) is 0.708. The molecule has 0 saturated heterocycles. The summed E-state index contributed by atoms with van der Waals surface area (Å²) in [5.41, 5.74) is 7.90. The summed E-state index contributed by atoms with van der Waals surface area (Å²) in [6.45, 7) is 0. The molecule has 0 radical (unpaired) electrons. The number of benzene rings is 2. The summed E-state index contributed by atoms with van der Waals surface area (Å²) in [4.78, 5) is 16.6. The lowest BCUT2D eigenvalue weighted by Crippen LogP contribution is -2.13. The number of halogens is 1. The molecule has 0 aliphatic carbocycles. The van der Waals surface area contributed by atoms with Crippen molar-refractivity contribution in [2.75, 3.05) is 11.1 Å². The number of anilines is 2. The highest BCUT2D eigenvalue weighted by Gasteiger charge is 2.12. The first-order valence-electron chi connectivity index (χ1n) is 6.35. The van der Waals surface area contributed by atoms with Crippen LogP contribution < -0.4 is 11.1 Å². The summed E-state index contributed by atoms with van der Waals surface area (Å²) < 4.78 is 0. The average molecular weight is 298 g/mol. The number of nitrogens with zero attached hydrogens (tertiary/aromatic N) is 1. The van der Waals surface area contributed by atoms with Gasteiger partial charge in [-0.25, -0.2) is 0 Å². The number of nitrogen functional groups attached to an aromatic ring is 1. The summed E-state index contributed by atoms with van der Waals surface area (Å²) in [5, 5.41) is 4.11. The van der Waals surface area contributed by atoms with Crippen LogP contribution in [-0.4, -0.2) is 10.9 Å². The van der Waals surface area contributed by atoms with Gasteiger partial charge in [0.05, 0.1) is 21.8 Å². The maximum atomic E-state index is 12.3. The molecular formula is C16H12ClN3O. The molecule has 4 nitrogen and oxygen atoms in total. The molecule has 0 aliphatic rings. The first kappa shape index (κ1) is 13.4. The molecule has 0 saturated carbocycles. The third kappa shape index (κ3) is 2.66. The molecule has 0 aliphatic heterocycles. The minimum atomic E-state index is -0.293. The van der Waals surface area contributed by atoms with E-state index >= 15 is 0 Å². The number of carbonyl (C=O) groups is 1. The molecule has 104 valence electrons. The maximum Gasteiger partial charge on any atom is 0.257 e.